The second kappa shape index (κ2) is 6.43. The van der Waals surface area contributed by atoms with Crippen molar-refractivity contribution in [1.29, 1.82) is 0 Å². The highest BCUT2D eigenvalue weighted by molar-refractivity contribution is 6.22. The maximum absolute atomic E-state index is 12.2. The third-order valence-corrected chi connectivity index (χ3v) is 3.41. The van der Waals surface area contributed by atoms with Gasteiger partial charge in [-0.05, 0) is 39.8 Å². The predicted molar refractivity (Wildman–Crippen MR) is 85.6 cm³/mol. The number of carbonyl (C=O) groups excluding carboxylic acids is 4. The van der Waals surface area contributed by atoms with Crippen LogP contribution in [0.1, 0.15) is 48.4 Å². The number of nitrogens with zero attached hydrogens (tertiary/aromatic N) is 1. The molecular formula is C17H20N2O5. The van der Waals surface area contributed by atoms with E-state index in [2.05, 4.69) is 5.32 Å². The molecule has 0 bridgehead atoms. The summed E-state index contributed by atoms with van der Waals surface area (Å²) in [6, 6.07) is 5.51. The number of carbonyl (C=O) groups is 4. The minimum absolute atomic E-state index is 0.281. The van der Waals surface area contributed by atoms with Gasteiger partial charge in [-0.2, -0.15) is 0 Å². The Morgan fingerprint density at radius 2 is 1.62 bits per heavy atom. The molecule has 0 radical (unpaired) electrons. The summed E-state index contributed by atoms with van der Waals surface area (Å²) < 4.78 is 5.07. The summed E-state index contributed by atoms with van der Waals surface area (Å²) in [6.07, 6.45) is -0.731. The predicted octanol–water partition coefficient (Wildman–Crippen LogP) is 1.76. The van der Waals surface area contributed by atoms with Gasteiger partial charge in [0.25, 0.3) is 11.8 Å². The third-order valence-electron chi connectivity index (χ3n) is 3.41. The van der Waals surface area contributed by atoms with Gasteiger partial charge in [0.1, 0.15) is 5.60 Å². The Kier molecular flexibility index (Phi) is 4.73. The highest BCUT2D eigenvalue weighted by atomic mass is 16.6. The number of alkyl carbamates (subject to hydrolysis) is 1. The van der Waals surface area contributed by atoms with E-state index in [1.165, 1.54) is 6.92 Å². The lowest BCUT2D eigenvalue weighted by Gasteiger charge is -2.22. The number of ketones is 1. The Morgan fingerprint density at radius 1 is 1.12 bits per heavy atom. The normalized spacial score (nSPS) is 15.1. The van der Waals surface area contributed by atoms with E-state index in [1.54, 1.807) is 45.0 Å². The van der Waals surface area contributed by atoms with Gasteiger partial charge < -0.3 is 10.1 Å². The van der Waals surface area contributed by atoms with E-state index >= 15 is 0 Å². The molecule has 24 heavy (non-hydrogen) atoms. The third kappa shape index (κ3) is 3.79. The Hall–Kier alpha value is -2.70. The van der Waals surface area contributed by atoms with E-state index in [-0.39, 0.29) is 11.1 Å². The van der Waals surface area contributed by atoms with Gasteiger partial charge in [0.2, 0.25) is 0 Å². The van der Waals surface area contributed by atoms with Gasteiger partial charge in [0.15, 0.2) is 5.78 Å². The molecule has 0 aromatic heterocycles. The molecule has 1 atom stereocenters. The first-order valence-electron chi connectivity index (χ1n) is 7.57. The Morgan fingerprint density at radius 3 is 2.08 bits per heavy atom. The number of nitrogens with one attached hydrogen (secondary N) is 1. The highest BCUT2D eigenvalue weighted by Gasteiger charge is 2.37. The van der Waals surface area contributed by atoms with E-state index in [0.29, 0.717) is 0 Å². The van der Waals surface area contributed by atoms with Gasteiger partial charge in [0.05, 0.1) is 23.7 Å². The van der Waals surface area contributed by atoms with E-state index in [0.717, 1.165) is 4.90 Å². The summed E-state index contributed by atoms with van der Waals surface area (Å²) in [4.78, 5) is 49.2. The van der Waals surface area contributed by atoms with Crippen LogP contribution < -0.4 is 5.32 Å². The maximum Gasteiger partial charge on any atom is 0.408 e. The standard InChI is InChI=1S/C17H20N2O5/c1-10(18-16(23)24-17(2,3)4)13(20)9-19-14(21)11-7-5-6-8-12(11)15(19)22/h5-8,10H,9H2,1-4H3,(H,18,23)/t10-/m1/s1. The van der Waals surface area contributed by atoms with Crippen LogP contribution in [0.2, 0.25) is 0 Å². The van der Waals surface area contributed by atoms with Gasteiger partial charge >= 0.3 is 6.09 Å². The molecule has 0 saturated carbocycles. The van der Waals surface area contributed by atoms with E-state index in [1.807, 2.05) is 0 Å². The summed E-state index contributed by atoms with van der Waals surface area (Å²) >= 11 is 0. The molecule has 0 spiro atoms. The second-order valence-corrected chi connectivity index (χ2v) is 6.58. The minimum Gasteiger partial charge on any atom is -0.444 e. The lowest BCUT2D eigenvalue weighted by Crippen LogP contribution is -2.46. The van der Waals surface area contributed by atoms with Crippen LogP contribution in [-0.2, 0) is 9.53 Å². The van der Waals surface area contributed by atoms with Crippen molar-refractivity contribution in [1.82, 2.24) is 10.2 Å². The Balaban J connectivity index is 1.99. The van der Waals surface area contributed by atoms with Crippen LogP contribution in [0.5, 0.6) is 0 Å². The number of imide groups is 1. The fraction of sp³-hybridized carbons (Fsp3) is 0.412. The van der Waals surface area contributed by atoms with Crippen LogP contribution in [0.4, 0.5) is 4.79 Å². The molecule has 0 unspecified atom stereocenters. The van der Waals surface area contributed by atoms with Gasteiger partial charge in [-0.25, -0.2) is 4.79 Å². The van der Waals surface area contributed by atoms with Crippen molar-refractivity contribution in [2.24, 2.45) is 0 Å². The van der Waals surface area contributed by atoms with Crippen molar-refractivity contribution in [2.75, 3.05) is 6.54 Å². The molecule has 3 amide bonds. The van der Waals surface area contributed by atoms with Crippen molar-refractivity contribution in [3.63, 3.8) is 0 Å². The number of hydrogen-bond donors (Lipinski definition) is 1. The highest BCUT2D eigenvalue weighted by Crippen LogP contribution is 2.22. The van der Waals surface area contributed by atoms with Gasteiger partial charge in [-0.1, -0.05) is 12.1 Å². The average molecular weight is 332 g/mol. The lowest BCUT2D eigenvalue weighted by molar-refractivity contribution is -0.121. The molecule has 1 aliphatic heterocycles. The number of ether oxygens (including phenoxy) is 1. The van der Waals surface area contributed by atoms with Crippen LogP contribution in [0.25, 0.3) is 0 Å². The van der Waals surface area contributed by atoms with Crippen LogP contribution in [0.3, 0.4) is 0 Å². The maximum atomic E-state index is 12.2. The van der Waals surface area contributed by atoms with Crippen molar-refractivity contribution in [2.45, 2.75) is 39.3 Å². The molecule has 1 aliphatic rings. The fourth-order valence-corrected chi connectivity index (χ4v) is 2.24. The Bertz CT molecular complexity index is 670. The zero-order chi connectivity index (χ0) is 18.1. The number of benzene rings is 1. The molecule has 0 saturated heterocycles. The Labute approximate surface area is 140 Å². The monoisotopic (exact) mass is 332 g/mol. The topological polar surface area (TPSA) is 92.8 Å². The molecule has 7 heteroatoms. The first-order valence-corrected chi connectivity index (χ1v) is 7.57. The molecule has 2 rings (SSSR count). The van der Waals surface area contributed by atoms with Crippen molar-refractivity contribution in [3.05, 3.63) is 35.4 Å². The van der Waals surface area contributed by atoms with Gasteiger partial charge in [-0.15, -0.1) is 0 Å². The van der Waals surface area contributed by atoms with E-state index in [4.69, 9.17) is 4.74 Å². The fourth-order valence-electron chi connectivity index (χ4n) is 2.24. The summed E-state index contributed by atoms with van der Waals surface area (Å²) in [5.41, 5.74) is -0.124. The summed E-state index contributed by atoms with van der Waals surface area (Å²) in [6.45, 7) is 6.20. The van der Waals surface area contributed by atoms with Crippen LogP contribution in [0.15, 0.2) is 24.3 Å². The van der Waals surface area contributed by atoms with Gasteiger partial charge in [-0.3, -0.25) is 19.3 Å². The first kappa shape index (κ1) is 17.7. The van der Waals surface area contributed by atoms with Gasteiger partial charge in [0, 0.05) is 0 Å². The summed E-state index contributed by atoms with van der Waals surface area (Å²) in [5.74, 6) is -1.47. The summed E-state index contributed by atoms with van der Waals surface area (Å²) in [7, 11) is 0. The minimum atomic E-state index is -0.885. The molecule has 0 fully saturated rings. The van der Waals surface area contributed by atoms with Crippen molar-refractivity contribution < 1.29 is 23.9 Å². The van der Waals surface area contributed by atoms with Crippen molar-refractivity contribution >= 4 is 23.7 Å². The molecule has 1 N–H and O–H groups in total. The molecule has 1 aromatic rings. The number of rotatable bonds is 4. The van der Waals surface area contributed by atoms with Crippen molar-refractivity contribution in [3.8, 4) is 0 Å². The van der Waals surface area contributed by atoms with Crippen LogP contribution in [-0.4, -0.2) is 46.8 Å². The zero-order valence-electron chi connectivity index (χ0n) is 14.1. The zero-order valence-corrected chi connectivity index (χ0v) is 14.1. The smallest absolute Gasteiger partial charge is 0.408 e. The molecule has 0 aliphatic carbocycles. The largest absolute Gasteiger partial charge is 0.444 e. The number of fused-ring (bicyclic) bond motifs is 1. The van der Waals surface area contributed by atoms with E-state index in [9.17, 15) is 19.2 Å². The number of Topliss-reactive ketones (excluding diaryl/α,β-unsaturated/α-hetero) is 1. The summed E-state index contributed by atoms with van der Waals surface area (Å²) in [5, 5.41) is 2.40. The SMILES string of the molecule is C[C@@H](NC(=O)OC(C)(C)C)C(=O)CN1C(=O)c2ccccc2C1=O. The van der Waals surface area contributed by atoms with Crippen LogP contribution >= 0.6 is 0 Å². The molecule has 1 heterocycles. The van der Waals surface area contributed by atoms with Crippen LogP contribution in [0, 0.1) is 0 Å². The first-order chi connectivity index (χ1) is 11.1. The van der Waals surface area contributed by atoms with E-state index < -0.39 is 41.9 Å². The lowest BCUT2D eigenvalue weighted by atomic mass is 10.1. The quantitative estimate of drug-likeness (QED) is 0.848. The average Bonchev–Trinajstić information content (AvgIpc) is 2.70. The molecule has 7 nitrogen and oxygen atoms in total. The number of amides is 3. The molecule has 1 aromatic carbocycles. The number of hydrogen-bond acceptors (Lipinski definition) is 5. The molecular weight excluding hydrogens is 312 g/mol. The second-order valence-electron chi connectivity index (χ2n) is 6.58. The molecule has 128 valence electrons.